The molecule has 3 aromatic rings. The fraction of sp³-hybridized carbons (Fsp3) is 0.458. The van der Waals surface area contributed by atoms with E-state index in [1.165, 1.54) is 19.5 Å². The standard InChI is InChI=1S/C24H27F3N4O4S/c1-33-14-35-18-8-16(7-17(9-18)31-23(32)34-12-15-5-3-2-4-6-15)30-21-20-10-19(11-24(25,26)27)36-22(20)29-13-28-21/h2-6,10,13,16-18H,7-9,11-12,14H2,1H3,(H,31,32)(H,28,29,30)/t16-,17+,18-/m0/s1. The van der Waals surface area contributed by atoms with E-state index < -0.39 is 18.7 Å². The van der Waals surface area contributed by atoms with E-state index in [4.69, 9.17) is 14.2 Å². The zero-order chi connectivity index (χ0) is 25.5. The molecule has 0 aliphatic heterocycles. The van der Waals surface area contributed by atoms with Gasteiger partial charge in [0.05, 0.1) is 17.9 Å². The van der Waals surface area contributed by atoms with Crippen molar-refractivity contribution in [2.45, 2.75) is 56.7 Å². The van der Waals surface area contributed by atoms with Crippen molar-refractivity contribution in [2.24, 2.45) is 0 Å². The lowest BCUT2D eigenvalue weighted by Gasteiger charge is -2.35. The number of fused-ring (bicyclic) bond motifs is 1. The number of alkyl carbamates (subject to hydrolysis) is 1. The fourth-order valence-electron chi connectivity index (χ4n) is 4.23. The van der Waals surface area contributed by atoms with Gasteiger partial charge in [-0.05, 0) is 30.9 Å². The Morgan fingerprint density at radius 3 is 2.67 bits per heavy atom. The monoisotopic (exact) mass is 524 g/mol. The van der Waals surface area contributed by atoms with Crippen molar-refractivity contribution in [3.63, 3.8) is 0 Å². The largest absolute Gasteiger partial charge is 0.445 e. The van der Waals surface area contributed by atoms with Gasteiger partial charge in [0.25, 0.3) is 0 Å². The molecule has 12 heteroatoms. The number of benzene rings is 1. The van der Waals surface area contributed by atoms with Crippen molar-refractivity contribution in [2.75, 3.05) is 19.2 Å². The van der Waals surface area contributed by atoms with Crippen LogP contribution in [0.5, 0.6) is 0 Å². The second kappa shape index (κ2) is 11.8. The highest BCUT2D eigenvalue weighted by Gasteiger charge is 2.32. The van der Waals surface area contributed by atoms with Crippen LogP contribution in [0.4, 0.5) is 23.8 Å². The number of hydrogen-bond acceptors (Lipinski definition) is 8. The van der Waals surface area contributed by atoms with Crippen LogP contribution in [0.2, 0.25) is 0 Å². The SMILES string of the molecule is COCO[C@@H]1C[C@H](NC(=O)OCc2ccccc2)C[C@H](Nc2ncnc3sc(CC(F)(F)F)cc23)C1. The quantitative estimate of drug-likeness (QED) is 0.379. The summed E-state index contributed by atoms with van der Waals surface area (Å²) in [6.07, 6.45) is -3.01. The predicted molar refractivity (Wildman–Crippen MR) is 129 cm³/mol. The number of methoxy groups -OCH3 is 1. The molecule has 3 atom stereocenters. The molecule has 2 aromatic heterocycles. The van der Waals surface area contributed by atoms with Crippen LogP contribution < -0.4 is 10.6 Å². The number of nitrogens with zero attached hydrogens (tertiary/aromatic N) is 2. The minimum absolute atomic E-state index is 0.103. The lowest BCUT2D eigenvalue weighted by molar-refractivity contribution is -0.126. The molecular weight excluding hydrogens is 497 g/mol. The third kappa shape index (κ3) is 7.52. The molecule has 1 aliphatic carbocycles. The first-order valence-corrected chi connectivity index (χ1v) is 12.2. The molecule has 0 radical (unpaired) electrons. The highest BCUT2D eigenvalue weighted by atomic mass is 32.1. The molecule has 1 fully saturated rings. The predicted octanol–water partition coefficient (Wildman–Crippen LogP) is 5.04. The van der Waals surface area contributed by atoms with Gasteiger partial charge in [-0.2, -0.15) is 13.2 Å². The van der Waals surface area contributed by atoms with Crippen molar-refractivity contribution < 1.29 is 32.2 Å². The minimum Gasteiger partial charge on any atom is -0.445 e. The molecular formula is C24H27F3N4O4S. The van der Waals surface area contributed by atoms with Crippen LogP contribution >= 0.6 is 11.3 Å². The summed E-state index contributed by atoms with van der Waals surface area (Å²) in [5.74, 6) is 0.451. The van der Waals surface area contributed by atoms with Gasteiger partial charge in [0.1, 0.15) is 30.4 Å². The maximum absolute atomic E-state index is 12.9. The molecule has 0 saturated heterocycles. The molecule has 1 aromatic carbocycles. The van der Waals surface area contributed by atoms with E-state index in [1.54, 1.807) is 0 Å². The maximum atomic E-state index is 12.9. The van der Waals surface area contributed by atoms with Crippen molar-refractivity contribution in [1.29, 1.82) is 0 Å². The number of hydrogen-bond donors (Lipinski definition) is 2. The van der Waals surface area contributed by atoms with Crippen LogP contribution in [0, 0.1) is 0 Å². The van der Waals surface area contributed by atoms with Crippen LogP contribution in [0.15, 0.2) is 42.7 Å². The first-order valence-electron chi connectivity index (χ1n) is 11.4. The van der Waals surface area contributed by atoms with E-state index >= 15 is 0 Å². The van der Waals surface area contributed by atoms with Crippen molar-refractivity contribution >= 4 is 33.5 Å². The summed E-state index contributed by atoms with van der Waals surface area (Å²) in [7, 11) is 1.53. The third-order valence-electron chi connectivity index (χ3n) is 5.72. The Labute approximate surface area is 210 Å². The molecule has 1 saturated carbocycles. The lowest BCUT2D eigenvalue weighted by atomic mass is 9.88. The average Bonchev–Trinajstić information content (AvgIpc) is 3.24. The Morgan fingerprint density at radius 1 is 1.14 bits per heavy atom. The summed E-state index contributed by atoms with van der Waals surface area (Å²) >= 11 is 0.999. The smallest absolute Gasteiger partial charge is 0.407 e. The number of amides is 1. The topological polar surface area (TPSA) is 94.6 Å². The van der Waals surface area contributed by atoms with Crippen LogP contribution in [0.1, 0.15) is 29.7 Å². The van der Waals surface area contributed by atoms with Crippen LogP contribution in [0.3, 0.4) is 0 Å². The van der Waals surface area contributed by atoms with Crippen molar-refractivity contribution in [3.8, 4) is 0 Å². The van der Waals surface area contributed by atoms with Crippen LogP contribution in [-0.4, -0.2) is 54.3 Å². The number of carbonyl (C=O) groups is 1. The number of ether oxygens (including phenoxy) is 3. The van der Waals surface area contributed by atoms with Gasteiger partial charge in [-0.1, -0.05) is 30.3 Å². The number of halogens is 3. The molecule has 2 heterocycles. The number of rotatable bonds is 9. The van der Waals surface area contributed by atoms with Crippen LogP contribution in [-0.2, 0) is 27.2 Å². The number of aromatic nitrogens is 2. The van der Waals surface area contributed by atoms with Gasteiger partial charge in [-0.15, -0.1) is 11.3 Å². The highest BCUT2D eigenvalue weighted by molar-refractivity contribution is 7.18. The molecule has 1 amide bonds. The van der Waals surface area contributed by atoms with E-state index in [-0.39, 0.29) is 36.5 Å². The number of alkyl halides is 3. The summed E-state index contributed by atoms with van der Waals surface area (Å²) in [6.45, 7) is 0.258. The van der Waals surface area contributed by atoms with Gasteiger partial charge in [0, 0.05) is 24.1 Å². The third-order valence-corrected chi connectivity index (χ3v) is 6.76. The van der Waals surface area contributed by atoms with Gasteiger partial charge in [0.2, 0.25) is 0 Å². The summed E-state index contributed by atoms with van der Waals surface area (Å²) in [5.41, 5.74) is 0.880. The number of anilines is 1. The summed E-state index contributed by atoms with van der Waals surface area (Å²) in [6, 6.07) is 10.4. The minimum atomic E-state index is -4.30. The Kier molecular flexibility index (Phi) is 8.60. The second-order valence-corrected chi connectivity index (χ2v) is 9.71. The van der Waals surface area contributed by atoms with E-state index in [9.17, 15) is 18.0 Å². The zero-order valence-electron chi connectivity index (χ0n) is 19.6. The second-order valence-electron chi connectivity index (χ2n) is 8.59. The normalized spacial score (nSPS) is 20.3. The Bertz CT molecular complexity index is 1150. The van der Waals surface area contributed by atoms with Crippen LogP contribution in [0.25, 0.3) is 10.2 Å². The molecule has 36 heavy (non-hydrogen) atoms. The summed E-state index contributed by atoms with van der Waals surface area (Å²) in [5, 5.41) is 6.77. The van der Waals surface area contributed by atoms with Gasteiger partial charge in [-0.25, -0.2) is 14.8 Å². The molecule has 1 aliphatic rings. The first-order chi connectivity index (χ1) is 17.3. The van der Waals surface area contributed by atoms with E-state index in [1.807, 2.05) is 30.3 Å². The molecule has 4 rings (SSSR count). The average molecular weight is 525 g/mol. The number of thiophene rings is 1. The summed E-state index contributed by atoms with van der Waals surface area (Å²) < 4.78 is 54.8. The van der Waals surface area contributed by atoms with Gasteiger partial charge in [0.15, 0.2) is 0 Å². The molecule has 2 N–H and O–H groups in total. The molecule has 8 nitrogen and oxygen atoms in total. The molecule has 0 bridgehead atoms. The van der Waals surface area contributed by atoms with Gasteiger partial charge >= 0.3 is 12.3 Å². The Hall–Kier alpha value is -2.96. The number of carbonyl (C=O) groups excluding carboxylic acids is 1. The van der Waals surface area contributed by atoms with E-state index in [2.05, 4.69) is 20.6 Å². The first kappa shape index (κ1) is 26.1. The van der Waals surface area contributed by atoms with Crippen molar-refractivity contribution in [1.82, 2.24) is 15.3 Å². The molecule has 0 unspecified atom stereocenters. The van der Waals surface area contributed by atoms with E-state index in [0.29, 0.717) is 35.3 Å². The molecule has 0 spiro atoms. The Morgan fingerprint density at radius 2 is 1.92 bits per heavy atom. The van der Waals surface area contributed by atoms with Gasteiger partial charge < -0.3 is 24.8 Å². The number of nitrogens with one attached hydrogen (secondary N) is 2. The van der Waals surface area contributed by atoms with Gasteiger partial charge in [-0.3, -0.25) is 0 Å². The summed E-state index contributed by atoms with van der Waals surface area (Å²) in [4.78, 5) is 21.5. The van der Waals surface area contributed by atoms with E-state index in [0.717, 1.165) is 16.9 Å². The maximum Gasteiger partial charge on any atom is 0.407 e. The highest BCUT2D eigenvalue weighted by Crippen LogP contribution is 2.34. The zero-order valence-corrected chi connectivity index (χ0v) is 20.4. The molecule has 194 valence electrons. The lowest BCUT2D eigenvalue weighted by Crippen LogP contribution is -2.47. The van der Waals surface area contributed by atoms with Crippen molar-refractivity contribution in [3.05, 3.63) is 53.2 Å². The Balaban J connectivity index is 1.43. The fourth-order valence-corrected chi connectivity index (χ4v) is 5.26.